The Morgan fingerprint density at radius 2 is 2.04 bits per heavy atom. The summed E-state index contributed by atoms with van der Waals surface area (Å²) in [5, 5.41) is 13.4. The number of nitrogens with zero attached hydrogens (tertiary/aromatic N) is 1. The average Bonchev–Trinajstić information content (AvgIpc) is 3.29. The van der Waals surface area contributed by atoms with Crippen molar-refractivity contribution in [1.29, 1.82) is 0 Å². The lowest BCUT2D eigenvalue weighted by Crippen LogP contribution is -2.52. The van der Waals surface area contributed by atoms with Crippen LogP contribution in [0.15, 0.2) is 29.6 Å². The standard InChI is InChI=1S/C18H19NO6S/c20-15-3-6-19(18(15)24-16(21)17(22)25-18)7-9-23-8-4-12-1-2-13-5-10-26-14(13)11-12/h1-2,5,10-11,15,20H,3-4,6-9H2. The molecule has 4 rings (SSSR count). The second-order valence-corrected chi connectivity index (χ2v) is 7.30. The lowest BCUT2D eigenvalue weighted by Gasteiger charge is -2.32. The molecule has 2 aliphatic rings. The zero-order valence-corrected chi connectivity index (χ0v) is 14.9. The van der Waals surface area contributed by atoms with E-state index in [1.54, 1.807) is 16.2 Å². The van der Waals surface area contributed by atoms with Crippen LogP contribution in [0.5, 0.6) is 0 Å². The zero-order chi connectivity index (χ0) is 18.1. The molecule has 2 saturated heterocycles. The normalized spacial score (nSPS) is 22.3. The Morgan fingerprint density at radius 3 is 2.85 bits per heavy atom. The first kappa shape index (κ1) is 17.4. The van der Waals surface area contributed by atoms with Gasteiger partial charge in [0.1, 0.15) is 6.10 Å². The number of hydrogen-bond donors (Lipinski definition) is 1. The molecule has 2 aliphatic heterocycles. The number of thiophene rings is 1. The van der Waals surface area contributed by atoms with Crippen LogP contribution in [-0.2, 0) is 30.2 Å². The van der Waals surface area contributed by atoms with Gasteiger partial charge in [-0.05, 0) is 41.3 Å². The van der Waals surface area contributed by atoms with Crippen LogP contribution in [0.4, 0.5) is 0 Å². The van der Waals surface area contributed by atoms with Gasteiger partial charge >= 0.3 is 17.8 Å². The van der Waals surface area contributed by atoms with E-state index in [2.05, 4.69) is 29.6 Å². The SMILES string of the molecule is O=C1OC2(OC1=O)C(O)CCN2CCOCCc1ccc2ccsc2c1. The molecule has 0 saturated carbocycles. The van der Waals surface area contributed by atoms with Crippen LogP contribution in [0.1, 0.15) is 12.0 Å². The Hall–Kier alpha value is -2.00. The lowest BCUT2D eigenvalue weighted by molar-refractivity contribution is -0.269. The van der Waals surface area contributed by atoms with E-state index in [4.69, 9.17) is 14.2 Å². The van der Waals surface area contributed by atoms with Gasteiger partial charge < -0.3 is 19.3 Å². The fourth-order valence-electron chi connectivity index (χ4n) is 3.35. The number of carbonyl (C=O) groups excluding carboxylic acids is 2. The average molecular weight is 377 g/mol. The number of ether oxygens (including phenoxy) is 3. The number of hydrogen-bond acceptors (Lipinski definition) is 8. The number of rotatable bonds is 6. The van der Waals surface area contributed by atoms with E-state index < -0.39 is 24.0 Å². The Labute approximate surface area is 154 Å². The molecule has 26 heavy (non-hydrogen) atoms. The maximum atomic E-state index is 11.4. The molecule has 2 fully saturated rings. The Morgan fingerprint density at radius 1 is 1.23 bits per heavy atom. The third-order valence-corrected chi connectivity index (χ3v) is 5.62. The molecule has 0 amide bonds. The monoisotopic (exact) mass is 377 g/mol. The summed E-state index contributed by atoms with van der Waals surface area (Å²) in [7, 11) is 0. The fraction of sp³-hybridized carbons (Fsp3) is 0.444. The fourth-order valence-corrected chi connectivity index (χ4v) is 4.20. The van der Waals surface area contributed by atoms with Crippen LogP contribution in [0.2, 0.25) is 0 Å². The molecule has 8 heteroatoms. The van der Waals surface area contributed by atoms with Gasteiger partial charge in [0.25, 0.3) is 0 Å². The highest BCUT2D eigenvalue weighted by Gasteiger charge is 2.61. The Balaban J connectivity index is 1.26. The molecule has 0 aliphatic carbocycles. The first-order valence-corrected chi connectivity index (χ1v) is 9.40. The van der Waals surface area contributed by atoms with Gasteiger partial charge in [-0.15, -0.1) is 11.3 Å². The molecule has 1 N–H and O–H groups in total. The maximum Gasteiger partial charge on any atom is 0.422 e. The molecule has 1 aromatic heterocycles. The highest BCUT2D eigenvalue weighted by Crippen LogP contribution is 2.36. The second-order valence-electron chi connectivity index (χ2n) is 6.36. The quantitative estimate of drug-likeness (QED) is 0.461. The van der Waals surface area contributed by atoms with Crippen LogP contribution in [0, 0.1) is 0 Å². The zero-order valence-electron chi connectivity index (χ0n) is 14.1. The molecule has 1 atom stereocenters. The minimum absolute atomic E-state index is 0.362. The molecular weight excluding hydrogens is 358 g/mol. The van der Waals surface area contributed by atoms with E-state index in [9.17, 15) is 14.7 Å². The van der Waals surface area contributed by atoms with Gasteiger partial charge in [-0.3, -0.25) is 0 Å². The summed E-state index contributed by atoms with van der Waals surface area (Å²) in [4.78, 5) is 24.4. The summed E-state index contributed by atoms with van der Waals surface area (Å²) >= 11 is 1.72. The minimum atomic E-state index is -1.68. The topological polar surface area (TPSA) is 85.3 Å². The predicted molar refractivity (Wildman–Crippen MR) is 93.5 cm³/mol. The molecule has 0 bridgehead atoms. The summed E-state index contributed by atoms with van der Waals surface area (Å²) in [5.74, 6) is -3.82. The summed E-state index contributed by atoms with van der Waals surface area (Å²) in [6.07, 6.45) is 0.114. The van der Waals surface area contributed by atoms with Gasteiger partial charge in [-0.1, -0.05) is 12.1 Å². The van der Waals surface area contributed by atoms with Crippen LogP contribution in [0.25, 0.3) is 10.1 Å². The smallest absolute Gasteiger partial charge is 0.397 e. The first-order valence-electron chi connectivity index (χ1n) is 8.52. The van der Waals surface area contributed by atoms with Crippen LogP contribution in [0.3, 0.4) is 0 Å². The number of carbonyl (C=O) groups is 2. The van der Waals surface area contributed by atoms with Crippen molar-refractivity contribution < 1.29 is 28.9 Å². The summed E-state index contributed by atoms with van der Waals surface area (Å²) in [5.41, 5.74) is 1.21. The molecule has 3 heterocycles. The van der Waals surface area contributed by atoms with Gasteiger partial charge in [-0.2, -0.15) is 0 Å². The van der Waals surface area contributed by atoms with Gasteiger partial charge in [-0.25, -0.2) is 14.5 Å². The first-order chi connectivity index (χ1) is 12.6. The molecule has 2 aromatic rings. The molecule has 1 unspecified atom stereocenters. The van der Waals surface area contributed by atoms with E-state index in [1.165, 1.54) is 15.6 Å². The Bertz CT molecular complexity index is 818. The predicted octanol–water partition coefficient (Wildman–Crippen LogP) is 1.28. The third kappa shape index (κ3) is 3.09. The molecule has 138 valence electrons. The van der Waals surface area contributed by atoms with Gasteiger partial charge in [0.2, 0.25) is 0 Å². The van der Waals surface area contributed by atoms with Crippen molar-refractivity contribution in [3.63, 3.8) is 0 Å². The molecule has 0 radical (unpaired) electrons. The molecule has 1 spiro atoms. The molecule has 7 nitrogen and oxygen atoms in total. The maximum absolute atomic E-state index is 11.4. The van der Waals surface area contributed by atoms with Gasteiger partial charge in [0.05, 0.1) is 13.2 Å². The second kappa shape index (κ2) is 6.96. The van der Waals surface area contributed by atoms with Crippen molar-refractivity contribution >= 4 is 33.4 Å². The van der Waals surface area contributed by atoms with E-state index in [0.717, 1.165) is 6.42 Å². The highest BCUT2D eigenvalue weighted by atomic mass is 32.1. The number of benzene rings is 1. The van der Waals surface area contributed by atoms with Crippen molar-refractivity contribution in [3.8, 4) is 0 Å². The number of likely N-dealkylation sites (tertiary alicyclic amines) is 1. The number of fused-ring (bicyclic) bond motifs is 1. The number of esters is 2. The van der Waals surface area contributed by atoms with Crippen LogP contribution < -0.4 is 0 Å². The molecule has 1 aromatic carbocycles. The van der Waals surface area contributed by atoms with Crippen molar-refractivity contribution in [3.05, 3.63) is 35.2 Å². The van der Waals surface area contributed by atoms with Crippen molar-refractivity contribution in [2.24, 2.45) is 0 Å². The third-order valence-electron chi connectivity index (χ3n) is 4.74. The van der Waals surface area contributed by atoms with E-state index in [-0.39, 0.29) is 0 Å². The van der Waals surface area contributed by atoms with Crippen LogP contribution >= 0.6 is 11.3 Å². The molecular formula is C18H19NO6S. The number of aliphatic hydroxyl groups is 1. The minimum Gasteiger partial charge on any atom is -0.397 e. The Kier molecular flexibility index (Phi) is 4.66. The van der Waals surface area contributed by atoms with E-state index in [0.29, 0.717) is 32.7 Å². The highest BCUT2D eigenvalue weighted by molar-refractivity contribution is 7.17. The lowest BCUT2D eigenvalue weighted by atomic mass is 10.1. The van der Waals surface area contributed by atoms with E-state index in [1.807, 2.05) is 0 Å². The van der Waals surface area contributed by atoms with Crippen LogP contribution in [-0.4, -0.2) is 60.3 Å². The van der Waals surface area contributed by atoms with Crippen molar-refractivity contribution in [1.82, 2.24) is 4.90 Å². The number of aliphatic hydroxyl groups excluding tert-OH is 1. The van der Waals surface area contributed by atoms with Gasteiger partial charge in [0, 0.05) is 17.8 Å². The summed E-state index contributed by atoms with van der Waals surface area (Å²) in [6.45, 7) is 1.78. The van der Waals surface area contributed by atoms with Gasteiger partial charge in [0.15, 0.2) is 0 Å². The largest absolute Gasteiger partial charge is 0.422 e. The summed E-state index contributed by atoms with van der Waals surface area (Å²) < 4.78 is 17.0. The van der Waals surface area contributed by atoms with E-state index >= 15 is 0 Å². The van der Waals surface area contributed by atoms with Crippen molar-refractivity contribution in [2.45, 2.75) is 24.9 Å². The summed E-state index contributed by atoms with van der Waals surface area (Å²) in [6, 6.07) is 8.48. The van der Waals surface area contributed by atoms with Crippen molar-refractivity contribution in [2.75, 3.05) is 26.3 Å².